The van der Waals surface area contributed by atoms with E-state index in [1.807, 2.05) is 30.8 Å². The van der Waals surface area contributed by atoms with E-state index < -0.39 is 0 Å². The number of halogens is 1. The van der Waals surface area contributed by atoms with Crippen LogP contribution in [0.2, 0.25) is 0 Å². The first-order valence-electron chi connectivity index (χ1n) is 9.25. The molecular formula is C21H24ClNO3S. The molecule has 0 amide bonds. The van der Waals surface area contributed by atoms with Gasteiger partial charge in [0.15, 0.2) is 0 Å². The highest BCUT2D eigenvalue weighted by molar-refractivity contribution is 7.98. The van der Waals surface area contributed by atoms with E-state index in [2.05, 4.69) is 24.2 Å². The summed E-state index contributed by atoms with van der Waals surface area (Å²) in [4.78, 5) is 12.4. The van der Waals surface area contributed by atoms with Crippen molar-refractivity contribution < 1.29 is 14.1 Å². The Morgan fingerprint density at radius 3 is 2.78 bits per heavy atom. The number of carbonyl (C=O) groups excluding carboxylic acids is 1. The maximum atomic E-state index is 12.4. The zero-order valence-corrected chi connectivity index (χ0v) is 17.2. The van der Waals surface area contributed by atoms with Gasteiger partial charge in [-0.2, -0.15) is 11.8 Å². The van der Waals surface area contributed by atoms with Crippen LogP contribution in [0, 0.1) is 0 Å². The maximum Gasteiger partial charge on any atom is 0.311 e. The molecule has 1 aliphatic carbocycles. The van der Waals surface area contributed by atoms with Gasteiger partial charge in [0.2, 0.25) is 0 Å². The highest BCUT2D eigenvalue weighted by atomic mass is 35.5. The number of benzene rings is 1. The monoisotopic (exact) mass is 405 g/mol. The van der Waals surface area contributed by atoms with Gasteiger partial charge in [-0.05, 0) is 43.1 Å². The van der Waals surface area contributed by atoms with Crippen molar-refractivity contribution in [3.63, 3.8) is 0 Å². The van der Waals surface area contributed by atoms with Gasteiger partial charge in [0, 0.05) is 21.9 Å². The second-order valence-electron chi connectivity index (χ2n) is 6.62. The van der Waals surface area contributed by atoms with E-state index in [1.54, 1.807) is 0 Å². The van der Waals surface area contributed by atoms with Crippen molar-refractivity contribution in [2.45, 2.75) is 51.4 Å². The van der Waals surface area contributed by atoms with Crippen molar-refractivity contribution in [2.24, 2.45) is 0 Å². The lowest BCUT2D eigenvalue weighted by Gasteiger charge is -2.15. The van der Waals surface area contributed by atoms with E-state index in [4.69, 9.17) is 20.9 Å². The summed E-state index contributed by atoms with van der Waals surface area (Å²) in [5, 5.41) is 4.92. The summed E-state index contributed by atoms with van der Waals surface area (Å²) in [6.45, 7) is 4.03. The number of allylic oxidation sites excluding steroid dienone is 1. The molecule has 0 unspecified atom stereocenters. The first-order valence-corrected chi connectivity index (χ1v) is 10.8. The average molecular weight is 406 g/mol. The van der Waals surface area contributed by atoms with Crippen LogP contribution in [0.25, 0.3) is 11.3 Å². The van der Waals surface area contributed by atoms with Crippen molar-refractivity contribution in [2.75, 3.05) is 5.75 Å². The Bertz CT molecular complexity index is 813. The average Bonchev–Trinajstić information content (AvgIpc) is 3.29. The highest BCUT2D eigenvalue weighted by Crippen LogP contribution is 2.32. The molecule has 0 radical (unpaired) electrons. The summed E-state index contributed by atoms with van der Waals surface area (Å²) in [7, 11) is 0. The lowest BCUT2D eigenvalue weighted by atomic mass is 10.0. The Hall–Kier alpha value is -1.72. The van der Waals surface area contributed by atoms with Gasteiger partial charge in [0.05, 0.1) is 6.42 Å². The molecule has 0 saturated carbocycles. The normalized spacial score (nSPS) is 15.2. The van der Waals surface area contributed by atoms with Crippen molar-refractivity contribution >= 4 is 29.3 Å². The third-order valence-corrected chi connectivity index (χ3v) is 6.05. The molecule has 0 saturated heterocycles. The number of thioether (sulfide) groups is 1. The number of ether oxygens (including phenoxy) is 1. The van der Waals surface area contributed by atoms with Gasteiger partial charge in [-0.25, -0.2) is 0 Å². The SMILES string of the molecule is CCSCc1ccc(-c2nocc2CC(=O)O[C@H](C)C2=C(Cl)CCC2)cc1. The molecule has 0 bridgehead atoms. The van der Waals surface area contributed by atoms with Gasteiger partial charge in [-0.15, -0.1) is 0 Å². The fourth-order valence-electron chi connectivity index (χ4n) is 3.22. The fraction of sp³-hybridized carbons (Fsp3) is 0.429. The van der Waals surface area contributed by atoms with Gasteiger partial charge >= 0.3 is 5.97 Å². The minimum Gasteiger partial charge on any atom is -0.458 e. The second kappa shape index (κ2) is 9.47. The first-order chi connectivity index (χ1) is 13.1. The number of hydrogen-bond donors (Lipinski definition) is 0. The van der Waals surface area contributed by atoms with Crippen molar-refractivity contribution in [3.05, 3.63) is 52.3 Å². The molecule has 1 aromatic carbocycles. The zero-order chi connectivity index (χ0) is 19.2. The highest BCUT2D eigenvalue weighted by Gasteiger charge is 2.23. The molecular weight excluding hydrogens is 382 g/mol. The molecule has 1 aliphatic rings. The lowest BCUT2D eigenvalue weighted by molar-refractivity contribution is -0.145. The van der Waals surface area contributed by atoms with E-state index in [9.17, 15) is 4.79 Å². The third kappa shape index (κ3) is 5.17. The molecule has 4 nitrogen and oxygen atoms in total. The van der Waals surface area contributed by atoms with E-state index in [0.29, 0.717) is 5.69 Å². The second-order valence-corrected chi connectivity index (χ2v) is 8.35. The van der Waals surface area contributed by atoms with Crippen LogP contribution in [0.4, 0.5) is 0 Å². The van der Waals surface area contributed by atoms with Crippen LogP contribution in [0.3, 0.4) is 0 Å². The smallest absolute Gasteiger partial charge is 0.311 e. The lowest BCUT2D eigenvalue weighted by Crippen LogP contribution is -2.18. The van der Waals surface area contributed by atoms with Gasteiger partial charge in [-0.1, -0.05) is 47.9 Å². The molecule has 0 aliphatic heterocycles. The molecule has 0 N–H and O–H groups in total. The molecule has 1 aromatic heterocycles. The predicted octanol–water partition coefficient (Wildman–Crippen LogP) is 5.75. The summed E-state index contributed by atoms with van der Waals surface area (Å²) in [6, 6.07) is 8.21. The quantitative estimate of drug-likeness (QED) is 0.523. The van der Waals surface area contributed by atoms with Crippen LogP contribution in [-0.2, 0) is 21.7 Å². The summed E-state index contributed by atoms with van der Waals surface area (Å²) in [5.41, 5.74) is 4.66. The summed E-state index contributed by atoms with van der Waals surface area (Å²) < 4.78 is 10.7. The molecule has 0 spiro atoms. The number of rotatable bonds is 8. The van der Waals surface area contributed by atoms with Crippen molar-refractivity contribution in [1.29, 1.82) is 0 Å². The van der Waals surface area contributed by atoms with Gasteiger partial charge in [0.1, 0.15) is 18.1 Å². The summed E-state index contributed by atoms with van der Waals surface area (Å²) in [5.74, 6) is 1.79. The Morgan fingerprint density at radius 2 is 2.11 bits per heavy atom. The summed E-state index contributed by atoms with van der Waals surface area (Å²) >= 11 is 8.09. The Kier molecular flexibility index (Phi) is 7.02. The Balaban J connectivity index is 1.64. The largest absolute Gasteiger partial charge is 0.458 e. The Morgan fingerprint density at radius 1 is 1.33 bits per heavy atom. The number of carbonyl (C=O) groups is 1. The van der Waals surface area contributed by atoms with Crippen molar-refractivity contribution in [3.8, 4) is 11.3 Å². The zero-order valence-electron chi connectivity index (χ0n) is 15.7. The predicted molar refractivity (Wildman–Crippen MR) is 110 cm³/mol. The molecule has 3 rings (SSSR count). The molecule has 27 heavy (non-hydrogen) atoms. The van der Waals surface area contributed by atoms with E-state index in [0.717, 1.165) is 52.5 Å². The molecule has 144 valence electrons. The van der Waals surface area contributed by atoms with Crippen LogP contribution in [-0.4, -0.2) is 23.0 Å². The van der Waals surface area contributed by atoms with Crippen LogP contribution < -0.4 is 0 Å². The standard InChI is InChI=1S/C21H24ClNO3S/c1-3-27-13-15-7-9-16(10-8-15)21-17(12-25-23-21)11-20(24)26-14(2)18-5-4-6-19(18)22/h7-10,12,14H,3-6,11,13H2,1-2H3/t14-/m1/s1. The van der Waals surface area contributed by atoms with E-state index >= 15 is 0 Å². The number of hydrogen-bond acceptors (Lipinski definition) is 5. The number of esters is 1. The van der Waals surface area contributed by atoms with Crippen LogP contribution in [0.1, 0.15) is 44.2 Å². The van der Waals surface area contributed by atoms with Gasteiger partial charge < -0.3 is 9.26 Å². The van der Waals surface area contributed by atoms with Crippen LogP contribution >= 0.6 is 23.4 Å². The molecule has 1 atom stereocenters. The first kappa shape index (κ1) is 20.0. The minimum atomic E-state index is -0.299. The van der Waals surface area contributed by atoms with E-state index in [-0.39, 0.29) is 18.5 Å². The van der Waals surface area contributed by atoms with Gasteiger partial charge in [-0.3, -0.25) is 4.79 Å². The molecule has 0 fully saturated rings. The van der Waals surface area contributed by atoms with Gasteiger partial charge in [0.25, 0.3) is 0 Å². The van der Waals surface area contributed by atoms with E-state index in [1.165, 1.54) is 11.8 Å². The Labute approximate surface area is 169 Å². The molecule has 2 aromatic rings. The molecule has 6 heteroatoms. The topological polar surface area (TPSA) is 52.3 Å². The third-order valence-electron chi connectivity index (χ3n) is 4.67. The van der Waals surface area contributed by atoms with Crippen molar-refractivity contribution in [1.82, 2.24) is 5.16 Å². The van der Waals surface area contributed by atoms with Crippen LogP contribution in [0.15, 0.2) is 45.7 Å². The minimum absolute atomic E-state index is 0.126. The number of nitrogens with zero attached hydrogens (tertiary/aromatic N) is 1. The summed E-state index contributed by atoms with van der Waals surface area (Å²) in [6.07, 6.45) is 4.16. The van der Waals surface area contributed by atoms with Crippen LogP contribution in [0.5, 0.6) is 0 Å². The maximum absolute atomic E-state index is 12.4. The fourth-order valence-corrected chi connectivity index (χ4v) is 4.23. The molecule has 1 heterocycles. The number of aromatic nitrogens is 1.